The Hall–Kier alpha value is -3.14. The highest BCUT2D eigenvalue weighted by Gasteiger charge is 2.35. The number of amides is 2. The van der Waals surface area contributed by atoms with Gasteiger partial charge in [-0.25, -0.2) is 9.18 Å². The number of ether oxygens (including phenoxy) is 2. The minimum Gasteiger partial charge on any atom is -0.491 e. The predicted molar refractivity (Wildman–Crippen MR) is 104 cm³/mol. The third-order valence-electron chi connectivity index (χ3n) is 5.43. The number of halogens is 1. The number of nitrogens with zero attached hydrogens (tertiary/aromatic N) is 2. The van der Waals surface area contributed by atoms with Crippen LogP contribution in [0.4, 0.5) is 4.39 Å². The normalized spacial score (nSPS) is 20.4. The molecule has 0 saturated carbocycles. The Bertz CT molecular complexity index is 949. The number of imidazole rings is 1. The topological polar surface area (TPSA) is 108 Å². The summed E-state index contributed by atoms with van der Waals surface area (Å²) in [6.07, 6.45) is 2.39. The first-order valence-electron chi connectivity index (χ1n) is 9.86. The smallest absolute Gasteiger partial charge is 0.323 e. The van der Waals surface area contributed by atoms with Crippen molar-refractivity contribution in [2.45, 2.75) is 25.0 Å². The number of aromatic nitrogens is 2. The number of hydrogen-bond donors (Lipinski definition) is 2. The van der Waals surface area contributed by atoms with Crippen LogP contribution in [0.5, 0.6) is 5.75 Å². The summed E-state index contributed by atoms with van der Waals surface area (Å²) in [5, 5.41) is 0. The van der Waals surface area contributed by atoms with Crippen molar-refractivity contribution in [2.24, 2.45) is 0 Å². The van der Waals surface area contributed by atoms with Gasteiger partial charge in [-0.3, -0.25) is 9.59 Å². The van der Waals surface area contributed by atoms with E-state index in [1.807, 2.05) is 4.90 Å². The molecule has 1 unspecified atom stereocenters. The third-order valence-corrected chi connectivity index (χ3v) is 5.43. The van der Waals surface area contributed by atoms with E-state index in [0.29, 0.717) is 38.2 Å². The maximum atomic E-state index is 13.0. The van der Waals surface area contributed by atoms with Crippen LogP contribution < -0.4 is 10.4 Å². The van der Waals surface area contributed by atoms with Gasteiger partial charge in [-0.05, 0) is 37.1 Å². The molecule has 0 radical (unpaired) electrons. The Morgan fingerprint density at radius 3 is 2.60 bits per heavy atom. The van der Waals surface area contributed by atoms with Crippen LogP contribution in [0.25, 0.3) is 0 Å². The number of aromatic amines is 2. The summed E-state index contributed by atoms with van der Waals surface area (Å²) >= 11 is 0. The monoisotopic (exact) mass is 418 g/mol. The molecule has 1 aromatic heterocycles. The highest BCUT2D eigenvalue weighted by atomic mass is 19.1. The third kappa shape index (κ3) is 4.54. The number of likely N-dealkylation sites (tertiary alicyclic amines) is 1. The van der Waals surface area contributed by atoms with Gasteiger partial charge in [0, 0.05) is 25.3 Å². The van der Waals surface area contributed by atoms with Gasteiger partial charge in [-0.1, -0.05) is 0 Å². The van der Waals surface area contributed by atoms with E-state index in [1.54, 1.807) is 17.0 Å². The molecule has 4 rings (SSSR count). The van der Waals surface area contributed by atoms with Gasteiger partial charge in [-0.15, -0.1) is 0 Å². The summed E-state index contributed by atoms with van der Waals surface area (Å²) in [4.78, 5) is 44.4. The number of piperidine rings is 1. The van der Waals surface area contributed by atoms with Gasteiger partial charge in [0.2, 0.25) is 5.91 Å². The lowest BCUT2D eigenvalue weighted by molar-refractivity contribution is -0.155. The zero-order valence-electron chi connectivity index (χ0n) is 16.3. The van der Waals surface area contributed by atoms with Crippen LogP contribution in [0.15, 0.2) is 35.3 Å². The largest absolute Gasteiger partial charge is 0.491 e. The van der Waals surface area contributed by atoms with E-state index in [0.717, 1.165) is 0 Å². The Labute approximate surface area is 171 Å². The number of rotatable bonds is 5. The quantitative estimate of drug-likeness (QED) is 0.745. The summed E-state index contributed by atoms with van der Waals surface area (Å²) in [5.41, 5.74) is -0.181. The van der Waals surface area contributed by atoms with E-state index >= 15 is 0 Å². The lowest BCUT2D eigenvalue weighted by atomic mass is 10.0. The first-order valence-corrected chi connectivity index (χ1v) is 9.86. The number of carbonyl (C=O) groups is 2. The first kappa shape index (κ1) is 20.1. The molecule has 9 nitrogen and oxygen atoms in total. The zero-order chi connectivity index (χ0) is 21.1. The molecule has 0 bridgehead atoms. The zero-order valence-corrected chi connectivity index (χ0v) is 16.3. The van der Waals surface area contributed by atoms with Crippen LogP contribution in [0.3, 0.4) is 0 Å². The maximum absolute atomic E-state index is 13.0. The van der Waals surface area contributed by atoms with Gasteiger partial charge in [-0.2, -0.15) is 0 Å². The van der Waals surface area contributed by atoms with Gasteiger partial charge in [0.15, 0.2) is 0 Å². The molecule has 30 heavy (non-hydrogen) atoms. The van der Waals surface area contributed by atoms with Crippen molar-refractivity contribution in [3.05, 3.63) is 52.5 Å². The molecule has 2 aromatic rings. The number of carbonyl (C=O) groups excluding carboxylic acids is 2. The number of nitrogens with one attached hydrogen (secondary N) is 2. The van der Waals surface area contributed by atoms with Crippen LogP contribution in [0.2, 0.25) is 0 Å². The fraction of sp³-hybridized carbons (Fsp3) is 0.450. The van der Waals surface area contributed by atoms with Crippen LogP contribution >= 0.6 is 0 Å². The fourth-order valence-electron chi connectivity index (χ4n) is 3.82. The molecule has 0 spiro atoms. The van der Waals surface area contributed by atoms with Gasteiger partial charge in [0.1, 0.15) is 36.6 Å². The van der Waals surface area contributed by atoms with Gasteiger partial charge in [0.05, 0.1) is 6.54 Å². The van der Waals surface area contributed by atoms with E-state index < -0.39 is 5.69 Å². The van der Waals surface area contributed by atoms with Gasteiger partial charge in [0.25, 0.3) is 5.91 Å². The van der Waals surface area contributed by atoms with Gasteiger partial charge >= 0.3 is 5.69 Å². The maximum Gasteiger partial charge on any atom is 0.323 e. The molecule has 2 saturated heterocycles. The van der Waals surface area contributed by atoms with Crippen LogP contribution in [-0.4, -0.2) is 76.6 Å². The summed E-state index contributed by atoms with van der Waals surface area (Å²) < 4.78 is 24.2. The van der Waals surface area contributed by atoms with E-state index in [1.165, 1.54) is 18.3 Å². The summed E-state index contributed by atoms with van der Waals surface area (Å²) in [5.74, 6) is -0.0998. The molecule has 1 aromatic carbocycles. The van der Waals surface area contributed by atoms with Crippen molar-refractivity contribution in [3.8, 4) is 5.75 Å². The Kier molecular flexibility index (Phi) is 5.84. The van der Waals surface area contributed by atoms with Crippen molar-refractivity contribution < 1.29 is 23.5 Å². The molecule has 2 aliphatic heterocycles. The summed E-state index contributed by atoms with van der Waals surface area (Å²) in [7, 11) is 0. The van der Waals surface area contributed by atoms with E-state index in [2.05, 4.69) is 9.97 Å². The van der Waals surface area contributed by atoms with Crippen molar-refractivity contribution in [3.63, 3.8) is 0 Å². The molecule has 0 aliphatic carbocycles. The molecule has 10 heteroatoms. The second-order valence-corrected chi connectivity index (χ2v) is 7.42. The Morgan fingerprint density at radius 2 is 1.93 bits per heavy atom. The van der Waals surface area contributed by atoms with Crippen LogP contribution in [0, 0.1) is 5.82 Å². The van der Waals surface area contributed by atoms with Crippen molar-refractivity contribution in [2.75, 3.05) is 32.8 Å². The number of morpholine rings is 1. The number of hydrogen-bond acceptors (Lipinski definition) is 5. The minimum atomic E-state index is -0.416. The van der Waals surface area contributed by atoms with Gasteiger partial charge < -0.3 is 29.2 Å². The number of benzene rings is 1. The summed E-state index contributed by atoms with van der Waals surface area (Å²) in [6.45, 7) is 1.65. The van der Waals surface area contributed by atoms with Crippen LogP contribution in [0.1, 0.15) is 23.3 Å². The molecule has 2 amide bonds. The molecule has 2 aliphatic rings. The minimum absolute atomic E-state index is 0.0127. The SMILES string of the molecule is O=C(c1c[nH]c(=O)[nH]1)N1CCC(N2CC(COc3ccc(F)cc3)OCC2=O)CC1. The Morgan fingerprint density at radius 1 is 1.20 bits per heavy atom. The van der Waals surface area contributed by atoms with Crippen molar-refractivity contribution in [1.29, 1.82) is 0 Å². The highest BCUT2D eigenvalue weighted by Crippen LogP contribution is 2.22. The van der Waals surface area contributed by atoms with Crippen molar-refractivity contribution >= 4 is 11.8 Å². The lowest BCUT2D eigenvalue weighted by Gasteiger charge is -2.42. The lowest BCUT2D eigenvalue weighted by Crippen LogP contribution is -2.55. The van der Waals surface area contributed by atoms with E-state index in [-0.39, 0.29) is 48.7 Å². The molecular weight excluding hydrogens is 395 g/mol. The average molecular weight is 418 g/mol. The predicted octanol–water partition coefficient (Wildman–Crippen LogP) is 0.753. The molecule has 2 fully saturated rings. The summed E-state index contributed by atoms with van der Waals surface area (Å²) in [6, 6.07) is 5.76. The van der Waals surface area contributed by atoms with E-state index in [9.17, 15) is 18.8 Å². The highest BCUT2D eigenvalue weighted by molar-refractivity contribution is 5.92. The Balaban J connectivity index is 1.30. The fourth-order valence-corrected chi connectivity index (χ4v) is 3.82. The van der Waals surface area contributed by atoms with E-state index in [4.69, 9.17) is 9.47 Å². The van der Waals surface area contributed by atoms with Crippen LogP contribution in [-0.2, 0) is 9.53 Å². The molecule has 3 heterocycles. The molecule has 2 N–H and O–H groups in total. The number of H-pyrrole nitrogens is 2. The van der Waals surface area contributed by atoms with Crippen molar-refractivity contribution in [1.82, 2.24) is 19.8 Å². The molecule has 1 atom stereocenters. The molecular formula is C20H23FN4O5. The standard InChI is InChI=1S/C20H23FN4O5/c21-13-1-3-15(4-2-13)29-11-16-10-25(18(26)12-30-16)14-5-7-24(8-6-14)19(27)17-9-22-20(28)23-17/h1-4,9,14,16H,5-8,10-12H2,(H2,22,23,28). The second-order valence-electron chi connectivity index (χ2n) is 7.42. The second kappa shape index (κ2) is 8.70. The molecule has 160 valence electrons. The average Bonchev–Trinajstić information content (AvgIpc) is 3.20. The first-order chi connectivity index (χ1) is 14.5.